The fraction of sp³-hybridized carbons (Fsp3) is 0.0417. The Morgan fingerprint density at radius 3 is 2.45 bits per heavy atom. The molecule has 0 amide bonds. The summed E-state index contributed by atoms with van der Waals surface area (Å²) < 4.78 is 1.50. The topological polar surface area (TPSA) is 72.2 Å². The van der Waals surface area contributed by atoms with Crippen LogP contribution < -0.4 is 5.56 Å². The number of benzene rings is 3. The summed E-state index contributed by atoms with van der Waals surface area (Å²) in [6, 6.07) is 21.4. The van der Waals surface area contributed by atoms with Gasteiger partial charge in [-0.25, -0.2) is 9.78 Å². The molecule has 29 heavy (non-hydrogen) atoms. The maximum atomic E-state index is 13.2. The van der Waals surface area contributed by atoms with Gasteiger partial charge in [-0.1, -0.05) is 48.0 Å². The Hall–Kier alpha value is -3.99. The molecule has 5 nitrogen and oxygen atoms in total. The van der Waals surface area contributed by atoms with E-state index in [1.54, 1.807) is 36.4 Å². The molecule has 0 aliphatic carbocycles. The lowest BCUT2D eigenvalue weighted by atomic mass is 10.1. The Morgan fingerprint density at radius 1 is 0.966 bits per heavy atom. The van der Waals surface area contributed by atoms with Crippen molar-refractivity contribution in [3.8, 4) is 5.69 Å². The summed E-state index contributed by atoms with van der Waals surface area (Å²) in [7, 11) is 0. The highest BCUT2D eigenvalue weighted by molar-refractivity contribution is 5.88. The Bertz CT molecular complexity index is 1300. The first kappa shape index (κ1) is 18.4. The van der Waals surface area contributed by atoms with E-state index in [4.69, 9.17) is 5.11 Å². The number of carbonyl (C=O) groups is 1. The third kappa shape index (κ3) is 3.71. The van der Waals surface area contributed by atoms with Crippen molar-refractivity contribution in [2.45, 2.75) is 6.92 Å². The van der Waals surface area contributed by atoms with Crippen molar-refractivity contribution in [2.75, 3.05) is 0 Å². The number of para-hydroxylation sites is 1. The molecule has 0 radical (unpaired) electrons. The van der Waals surface area contributed by atoms with Crippen LogP contribution in [0.15, 0.2) is 77.6 Å². The molecule has 1 heterocycles. The predicted molar refractivity (Wildman–Crippen MR) is 114 cm³/mol. The molecular weight excluding hydrogens is 364 g/mol. The lowest BCUT2D eigenvalue weighted by molar-refractivity contribution is 0.0697. The third-order valence-electron chi connectivity index (χ3n) is 4.64. The van der Waals surface area contributed by atoms with E-state index < -0.39 is 5.97 Å². The van der Waals surface area contributed by atoms with Crippen LogP contribution in [0.4, 0.5) is 0 Å². The number of rotatable bonds is 4. The number of aryl methyl sites for hydroxylation is 1. The van der Waals surface area contributed by atoms with E-state index in [2.05, 4.69) is 4.98 Å². The molecule has 0 spiro atoms. The summed E-state index contributed by atoms with van der Waals surface area (Å²) in [5.41, 5.74) is 3.26. The molecule has 5 heteroatoms. The van der Waals surface area contributed by atoms with Gasteiger partial charge in [-0.3, -0.25) is 9.36 Å². The van der Waals surface area contributed by atoms with Crippen LogP contribution >= 0.6 is 0 Å². The molecule has 0 bridgehead atoms. The molecule has 4 rings (SSSR count). The van der Waals surface area contributed by atoms with Gasteiger partial charge in [0, 0.05) is 0 Å². The van der Waals surface area contributed by atoms with Crippen LogP contribution in [-0.4, -0.2) is 20.6 Å². The van der Waals surface area contributed by atoms with E-state index in [0.29, 0.717) is 22.4 Å². The van der Waals surface area contributed by atoms with Gasteiger partial charge in [-0.2, -0.15) is 0 Å². The smallest absolute Gasteiger partial charge is 0.335 e. The largest absolute Gasteiger partial charge is 0.478 e. The molecule has 0 atom stereocenters. The zero-order chi connectivity index (χ0) is 20.4. The second kappa shape index (κ2) is 7.56. The standard InChI is InChI=1S/C24H18N2O3/c1-16-5-4-6-17(15-16)9-14-22-25-21-8-3-2-7-20(21)23(27)26(22)19-12-10-18(11-13-19)24(28)29/h2-15H,1H3,(H,28,29)/b14-9+. The molecule has 0 fully saturated rings. The minimum absolute atomic E-state index is 0.160. The number of carboxylic acid groups (broad SMARTS) is 1. The molecule has 1 N–H and O–H groups in total. The molecule has 1 aromatic heterocycles. The summed E-state index contributed by atoms with van der Waals surface area (Å²) in [4.78, 5) is 29.0. The molecule has 4 aromatic rings. The fourth-order valence-corrected chi connectivity index (χ4v) is 3.21. The molecule has 0 saturated heterocycles. The van der Waals surface area contributed by atoms with Gasteiger partial charge in [-0.15, -0.1) is 0 Å². The maximum Gasteiger partial charge on any atom is 0.335 e. The second-order valence-corrected chi connectivity index (χ2v) is 6.73. The van der Waals surface area contributed by atoms with Crippen LogP contribution in [0.2, 0.25) is 0 Å². The lowest BCUT2D eigenvalue weighted by Crippen LogP contribution is -2.22. The van der Waals surface area contributed by atoms with Crippen LogP contribution in [-0.2, 0) is 0 Å². The van der Waals surface area contributed by atoms with Crippen LogP contribution in [0.5, 0.6) is 0 Å². The Kier molecular flexibility index (Phi) is 4.79. The van der Waals surface area contributed by atoms with Gasteiger partial charge >= 0.3 is 5.97 Å². The Morgan fingerprint density at radius 2 is 1.72 bits per heavy atom. The van der Waals surface area contributed by atoms with Crippen molar-refractivity contribution in [2.24, 2.45) is 0 Å². The highest BCUT2D eigenvalue weighted by Gasteiger charge is 2.12. The lowest BCUT2D eigenvalue weighted by Gasteiger charge is -2.11. The van der Waals surface area contributed by atoms with Crippen LogP contribution in [0, 0.1) is 6.92 Å². The number of nitrogens with zero attached hydrogens (tertiary/aromatic N) is 2. The van der Waals surface area contributed by atoms with Gasteiger partial charge < -0.3 is 5.11 Å². The zero-order valence-electron chi connectivity index (χ0n) is 15.7. The van der Waals surface area contributed by atoms with Crippen LogP contribution in [0.1, 0.15) is 27.3 Å². The zero-order valence-corrected chi connectivity index (χ0v) is 15.7. The van der Waals surface area contributed by atoms with Crippen molar-refractivity contribution in [1.29, 1.82) is 0 Å². The Labute approximate surface area is 167 Å². The van der Waals surface area contributed by atoms with Crippen molar-refractivity contribution in [3.05, 3.63) is 106 Å². The van der Waals surface area contributed by atoms with Crippen LogP contribution in [0.3, 0.4) is 0 Å². The van der Waals surface area contributed by atoms with E-state index in [-0.39, 0.29) is 11.1 Å². The van der Waals surface area contributed by atoms with Gasteiger partial charge in [0.1, 0.15) is 5.82 Å². The van der Waals surface area contributed by atoms with Gasteiger partial charge in [0.25, 0.3) is 5.56 Å². The summed E-state index contributed by atoms with van der Waals surface area (Å²) >= 11 is 0. The third-order valence-corrected chi connectivity index (χ3v) is 4.64. The van der Waals surface area contributed by atoms with Gasteiger partial charge in [0.15, 0.2) is 0 Å². The number of aromatic carboxylic acids is 1. The second-order valence-electron chi connectivity index (χ2n) is 6.73. The fourth-order valence-electron chi connectivity index (χ4n) is 3.21. The van der Waals surface area contributed by atoms with Crippen LogP contribution in [0.25, 0.3) is 28.7 Å². The first-order valence-corrected chi connectivity index (χ1v) is 9.13. The molecule has 142 valence electrons. The monoisotopic (exact) mass is 382 g/mol. The molecule has 0 unspecified atom stereocenters. The molecule has 3 aromatic carbocycles. The summed E-state index contributed by atoms with van der Waals surface area (Å²) in [6.45, 7) is 2.02. The summed E-state index contributed by atoms with van der Waals surface area (Å²) in [6.07, 6.45) is 3.71. The van der Waals surface area contributed by atoms with E-state index in [1.165, 1.54) is 16.7 Å². The van der Waals surface area contributed by atoms with E-state index in [0.717, 1.165) is 11.1 Å². The van der Waals surface area contributed by atoms with Gasteiger partial charge in [-0.05, 0) is 55.0 Å². The quantitative estimate of drug-likeness (QED) is 0.561. The average Bonchev–Trinajstić information content (AvgIpc) is 2.72. The number of hydrogen-bond donors (Lipinski definition) is 1. The first-order chi connectivity index (χ1) is 14.0. The van der Waals surface area contributed by atoms with E-state index in [9.17, 15) is 9.59 Å². The SMILES string of the molecule is Cc1cccc(/C=C/c2nc3ccccc3c(=O)n2-c2ccc(C(=O)O)cc2)c1. The number of fused-ring (bicyclic) bond motifs is 1. The molecular formula is C24H18N2O3. The van der Waals surface area contributed by atoms with E-state index >= 15 is 0 Å². The molecule has 0 saturated carbocycles. The summed E-state index contributed by atoms with van der Waals surface area (Å²) in [5, 5.41) is 9.64. The van der Waals surface area contributed by atoms with Crippen molar-refractivity contribution in [3.63, 3.8) is 0 Å². The minimum atomic E-state index is -1.01. The Balaban J connectivity index is 1.91. The van der Waals surface area contributed by atoms with Gasteiger partial charge in [0.05, 0.1) is 22.2 Å². The highest BCUT2D eigenvalue weighted by atomic mass is 16.4. The number of hydrogen-bond acceptors (Lipinski definition) is 3. The first-order valence-electron chi connectivity index (χ1n) is 9.13. The molecule has 0 aliphatic heterocycles. The number of aromatic nitrogens is 2. The van der Waals surface area contributed by atoms with Crippen molar-refractivity contribution in [1.82, 2.24) is 9.55 Å². The van der Waals surface area contributed by atoms with E-state index in [1.807, 2.05) is 43.3 Å². The normalized spacial score (nSPS) is 11.2. The molecule has 0 aliphatic rings. The van der Waals surface area contributed by atoms with Gasteiger partial charge in [0.2, 0.25) is 0 Å². The van der Waals surface area contributed by atoms with Crippen molar-refractivity contribution < 1.29 is 9.90 Å². The number of carboxylic acids is 1. The van der Waals surface area contributed by atoms with Crippen molar-refractivity contribution >= 4 is 29.0 Å². The maximum absolute atomic E-state index is 13.2. The summed E-state index contributed by atoms with van der Waals surface area (Å²) in [5.74, 6) is -0.543. The average molecular weight is 382 g/mol. The highest BCUT2D eigenvalue weighted by Crippen LogP contribution is 2.16. The predicted octanol–water partition coefficient (Wildman–Crippen LogP) is 4.56. The minimum Gasteiger partial charge on any atom is -0.478 e.